The molecule has 0 N–H and O–H groups in total. The van der Waals surface area contributed by atoms with Crippen molar-refractivity contribution in [3.8, 4) is 0 Å². The minimum atomic E-state index is 0.0735. The summed E-state index contributed by atoms with van der Waals surface area (Å²) in [5.41, 5.74) is 0. The fourth-order valence-electron chi connectivity index (χ4n) is 1.99. The summed E-state index contributed by atoms with van der Waals surface area (Å²) in [5, 5.41) is 0. The minimum Gasteiger partial charge on any atom is -0.383 e. The van der Waals surface area contributed by atoms with Gasteiger partial charge in [0.1, 0.15) is 6.61 Å². The molecule has 0 saturated carbocycles. The smallest absolute Gasteiger partial charge is 0.160 e. The zero-order chi connectivity index (χ0) is 14.1. The van der Waals surface area contributed by atoms with E-state index in [-0.39, 0.29) is 18.3 Å². The molecule has 1 saturated heterocycles. The van der Waals surface area contributed by atoms with Gasteiger partial charge in [-0.05, 0) is 0 Å². The number of carbonyl (C=O) groups excluding carboxylic acids is 1. The topological polar surface area (TPSA) is 42.0 Å². The van der Waals surface area contributed by atoms with Gasteiger partial charge in [-0.3, -0.25) is 14.6 Å². The molecule has 0 aromatic carbocycles. The molecule has 19 heavy (non-hydrogen) atoms. The second kappa shape index (κ2) is 9.42. The Morgan fingerprint density at radius 3 is 2.05 bits per heavy atom. The van der Waals surface area contributed by atoms with Gasteiger partial charge in [0.25, 0.3) is 0 Å². The van der Waals surface area contributed by atoms with Gasteiger partial charge in [0, 0.05) is 52.3 Å². The minimum absolute atomic E-state index is 0.0735. The molecule has 0 aliphatic carbocycles. The Labute approximate surface area is 116 Å². The third-order valence-electron chi connectivity index (χ3n) is 3.52. The van der Waals surface area contributed by atoms with Crippen molar-refractivity contribution in [2.45, 2.75) is 13.8 Å². The second-order valence-corrected chi connectivity index (χ2v) is 5.35. The second-order valence-electron chi connectivity index (χ2n) is 5.35. The van der Waals surface area contributed by atoms with Crippen LogP contribution in [0.3, 0.4) is 0 Å². The highest BCUT2D eigenvalue weighted by atomic mass is 16.5. The fraction of sp³-hybridized carbons (Fsp3) is 0.929. The number of hydrogen-bond donors (Lipinski definition) is 0. The van der Waals surface area contributed by atoms with Gasteiger partial charge >= 0.3 is 0 Å². The van der Waals surface area contributed by atoms with E-state index in [1.807, 2.05) is 13.8 Å². The normalized spacial score (nSPS) is 18.1. The van der Waals surface area contributed by atoms with Gasteiger partial charge < -0.3 is 9.47 Å². The van der Waals surface area contributed by atoms with Crippen LogP contribution in [0.25, 0.3) is 0 Å². The average molecular weight is 272 g/mol. The highest BCUT2D eigenvalue weighted by Crippen LogP contribution is 2.01. The fourth-order valence-corrected chi connectivity index (χ4v) is 1.99. The van der Waals surface area contributed by atoms with Crippen LogP contribution in [0.2, 0.25) is 0 Å². The molecule has 0 atom stereocenters. The molecule has 1 heterocycles. The Morgan fingerprint density at radius 1 is 1.05 bits per heavy atom. The number of methoxy groups -OCH3 is 1. The van der Waals surface area contributed by atoms with Crippen LogP contribution in [0, 0.1) is 5.92 Å². The van der Waals surface area contributed by atoms with Crippen LogP contribution < -0.4 is 0 Å². The zero-order valence-electron chi connectivity index (χ0n) is 12.6. The summed E-state index contributed by atoms with van der Waals surface area (Å²) in [6.45, 7) is 11.8. The summed E-state index contributed by atoms with van der Waals surface area (Å²) < 4.78 is 10.5. The van der Waals surface area contributed by atoms with Gasteiger partial charge in [-0.2, -0.15) is 0 Å². The number of rotatable bonds is 9. The van der Waals surface area contributed by atoms with Crippen molar-refractivity contribution in [3.05, 3.63) is 0 Å². The molecule has 0 spiro atoms. The van der Waals surface area contributed by atoms with Crippen LogP contribution in [-0.2, 0) is 14.3 Å². The predicted molar refractivity (Wildman–Crippen MR) is 75.4 cm³/mol. The number of ether oxygens (including phenoxy) is 2. The van der Waals surface area contributed by atoms with E-state index in [4.69, 9.17) is 9.47 Å². The van der Waals surface area contributed by atoms with Crippen molar-refractivity contribution < 1.29 is 14.3 Å². The zero-order valence-corrected chi connectivity index (χ0v) is 12.6. The number of nitrogens with zero attached hydrogens (tertiary/aromatic N) is 2. The molecule has 5 heteroatoms. The summed E-state index contributed by atoms with van der Waals surface area (Å²) in [6.07, 6.45) is 0. The quantitative estimate of drug-likeness (QED) is 0.572. The summed E-state index contributed by atoms with van der Waals surface area (Å²) >= 11 is 0. The van der Waals surface area contributed by atoms with E-state index >= 15 is 0 Å². The van der Waals surface area contributed by atoms with E-state index in [1.54, 1.807) is 7.11 Å². The monoisotopic (exact) mass is 272 g/mol. The maximum absolute atomic E-state index is 11.4. The number of Topliss-reactive ketones (excluding diaryl/α,β-unsaturated/α-hetero) is 1. The van der Waals surface area contributed by atoms with E-state index in [9.17, 15) is 4.79 Å². The van der Waals surface area contributed by atoms with Gasteiger partial charge in [-0.25, -0.2) is 0 Å². The Hall–Kier alpha value is -0.490. The number of carbonyl (C=O) groups is 1. The SMILES string of the molecule is COCCN1CCN(CCOCC(=O)C(C)C)CC1. The van der Waals surface area contributed by atoms with Crippen LogP contribution in [0.1, 0.15) is 13.8 Å². The third-order valence-corrected chi connectivity index (χ3v) is 3.52. The molecular formula is C14H28N2O3. The van der Waals surface area contributed by atoms with Crippen molar-refractivity contribution in [1.82, 2.24) is 9.80 Å². The first kappa shape index (κ1) is 16.6. The highest BCUT2D eigenvalue weighted by Gasteiger charge is 2.16. The maximum atomic E-state index is 11.4. The molecule has 0 amide bonds. The van der Waals surface area contributed by atoms with Crippen LogP contribution in [-0.4, -0.2) is 81.8 Å². The molecule has 0 unspecified atom stereocenters. The Balaban J connectivity index is 2.02. The van der Waals surface area contributed by atoms with E-state index in [0.29, 0.717) is 6.61 Å². The van der Waals surface area contributed by atoms with E-state index < -0.39 is 0 Å². The van der Waals surface area contributed by atoms with Crippen LogP contribution >= 0.6 is 0 Å². The van der Waals surface area contributed by atoms with Crippen molar-refractivity contribution in [2.75, 3.05) is 66.2 Å². The van der Waals surface area contributed by atoms with E-state index in [0.717, 1.165) is 45.9 Å². The molecule has 1 aliphatic heterocycles. The molecule has 0 radical (unpaired) electrons. The Kier molecular flexibility index (Phi) is 8.21. The maximum Gasteiger partial charge on any atom is 0.160 e. The van der Waals surface area contributed by atoms with Gasteiger partial charge in [0.05, 0.1) is 13.2 Å². The number of ketones is 1. The van der Waals surface area contributed by atoms with Crippen LogP contribution in [0.15, 0.2) is 0 Å². The first-order valence-corrected chi connectivity index (χ1v) is 7.17. The molecule has 5 nitrogen and oxygen atoms in total. The molecule has 1 rings (SSSR count). The largest absolute Gasteiger partial charge is 0.383 e. The third kappa shape index (κ3) is 7.01. The highest BCUT2D eigenvalue weighted by molar-refractivity contribution is 5.81. The Morgan fingerprint density at radius 2 is 1.58 bits per heavy atom. The number of piperazine rings is 1. The van der Waals surface area contributed by atoms with Gasteiger partial charge in [0.15, 0.2) is 5.78 Å². The van der Waals surface area contributed by atoms with E-state index in [1.165, 1.54) is 0 Å². The molecule has 0 bridgehead atoms. The standard InChI is InChI=1S/C14H28N2O3/c1-13(2)14(17)12-19-11-9-16-6-4-15(5-7-16)8-10-18-3/h13H,4-12H2,1-3H3. The Bertz CT molecular complexity index is 251. The van der Waals surface area contributed by atoms with Crippen molar-refractivity contribution >= 4 is 5.78 Å². The van der Waals surface area contributed by atoms with Crippen molar-refractivity contribution in [3.63, 3.8) is 0 Å². The molecule has 1 aliphatic rings. The summed E-state index contributed by atoms with van der Waals surface area (Å²) in [5.74, 6) is 0.258. The van der Waals surface area contributed by atoms with Gasteiger partial charge in [-0.15, -0.1) is 0 Å². The van der Waals surface area contributed by atoms with Crippen LogP contribution in [0.5, 0.6) is 0 Å². The first-order valence-electron chi connectivity index (χ1n) is 7.17. The summed E-state index contributed by atoms with van der Waals surface area (Å²) in [7, 11) is 1.74. The van der Waals surface area contributed by atoms with Crippen LogP contribution in [0.4, 0.5) is 0 Å². The molecule has 0 aromatic heterocycles. The lowest BCUT2D eigenvalue weighted by Crippen LogP contribution is -2.48. The lowest BCUT2D eigenvalue weighted by atomic mass is 10.1. The summed E-state index contributed by atoms with van der Waals surface area (Å²) in [6, 6.07) is 0. The number of hydrogen-bond acceptors (Lipinski definition) is 5. The lowest BCUT2D eigenvalue weighted by molar-refractivity contribution is -0.126. The van der Waals surface area contributed by atoms with Gasteiger partial charge in [0.2, 0.25) is 0 Å². The first-order chi connectivity index (χ1) is 9.13. The molecule has 0 aromatic rings. The molecule has 112 valence electrons. The van der Waals surface area contributed by atoms with Gasteiger partial charge in [-0.1, -0.05) is 13.8 Å². The average Bonchev–Trinajstić information content (AvgIpc) is 2.42. The summed E-state index contributed by atoms with van der Waals surface area (Å²) in [4.78, 5) is 16.2. The predicted octanol–water partition coefficient (Wildman–Crippen LogP) is 0.492. The molecular weight excluding hydrogens is 244 g/mol. The van der Waals surface area contributed by atoms with E-state index in [2.05, 4.69) is 9.80 Å². The molecule has 1 fully saturated rings. The van der Waals surface area contributed by atoms with Crippen molar-refractivity contribution in [1.29, 1.82) is 0 Å². The lowest BCUT2D eigenvalue weighted by Gasteiger charge is -2.34. The van der Waals surface area contributed by atoms with Crippen molar-refractivity contribution in [2.24, 2.45) is 5.92 Å².